The number of hydrogen-bond acceptors (Lipinski definition) is 6. The van der Waals surface area contributed by atoms with Crippen molar-refractivity contribution in [3.8, 4) is 22.6 Å². The molecular weight excluding hydrogens is 402 g/mol. The Morgan fingerprint density at radius 2 is 1.81 bits per heavy atom. The van der Waals surface area contributed by atoms with Crippen LogP contribution in [-0.2, 0) is 13.6 Å². The van der Waals surface area contributed by atoms with E-state index in [2.05, 4.69) is 51.9 Å². The average molecular weight is 430 g/mol. The minimum atomic E-state index is 0.0607. The molecule has 0 fully saturated rings. The standard InChI is InChI=1S/C25H27N5O2/c1-16(2)29-6-7-30(24-10-21(31)11-25(32)22(24)15-29)20-4-5-23-17(9-20)8-18(12-26-23)19-13-27-28(3)14-19/h4-5,8-14,16,31-32H,6-7,15H2,1-3H3. The highest BCUT2D eigenvalue weighted by atomic mass is 16.3. The quantitative estimate of drug-likeness (QED) is 0.502. The molecular formula is C25H27N5O2. The minimum Gasteiger partial charge on any atom is -0.508 e. The lowest BCUT2D eigenvalue weighted by Crippen LogP contribution is -2.34. The predicted molar refractivity (Wildman–Crippen MR) is 126 cm³/mol. The van der Waals surface area contributed by atoms with Gasteiger partial charge in [0.15, 0.2) is 0 Å². The highest BCUT2D eigenvalue weighted by Crippen LogP contribution is 2.40. The largest absolute Gasteiger partial charge is 0.508 e. The second-order valence-electron chi connectivity index (χ2n) is 8.68. The summed E-state index contributed by atoms with van der Waals surface area (Å²) in [7, 11) is 1.90. The van der Waals surface area contributed by atoms with Crippen LogP contribution in [0.5, 0.6) is 11.5 Å². The molecule has 32 heavy (non-hydrogen) atoms. The van der Waals surface area contributed by atoms with E-state index in [4.69, 9.17) is 0 Å². The second-order valence-corrected chi connectivity index (χ2v) is 8.68. The first kappa shape index (κ1) is 20.3. The van der Waals surface area contributed by atoms with Crippen molar-refractivity contribution < 1.29 is 10.2 Å². The zero-order valence-corrected chi connectivity index (χ0v) is 18.5. The predicted octanol–water partition coefficient (Wildman–Crippen LogP) is 4.41. The van der Waals surface area contributed by atoms with Gasteiger partial charge in [-0.15, -0.1) is 0 Å². The van der Waals surface area contributed by atoms with Crippen molar-refractivity contribution in [1.82, 2.24) is 19.7 Å². The Bertz CT molecular complexity index is 1300. The number of pyridine rings is 1. The number of rotatable bonds is 3. The summed E-state index contributed by atoms with van der Waals surface area (Å²) >= 11 is 0. The number of fused-ring (bicyclic) bond motifs is 2. The number of aryl methyl sites for hydroxylation is 1. The molecule has 7 heteroatoms. The molecule has 0 saturated carbocycles. The molecule has 2 N–H and O–H groups in total. The first-order chi connectivity index (χ1) is 15.4. The van der Waals surface area contributed by atoms with Gasteiger partial charge in [0.1, 0.15) is 11.5 Å². The highest BCUT2D eigenvalue weighted by molar-refractivity contribution is 5.88. The summed E-state index contributed by atoms with van der Waals surface area (Å²) in [6.45, 7) is 6.55. The van der Waals surface area contributed by atoms with Gasteiger partial charge in [-0.1, -0.05) is 0 Å². The fraction of sp³-hybridized carbons (Fsp3) is 0.280. The van der Waals surface area contributed by atoms with E-state index >= 15 is 0 Å². The Hall–Kier alpha value is -3.58. The van der Waals surface area contributed by atoms with Crippen LogP contribution in [0.2, 0.25) is 0 Å². The lowest BCUT2D eigenvalue weighted by Gasteiger charge is -2.26. The minimum absolute atomic E-state index is 0.0607. The van der Waals surface area contributed by atoms with Crippen molar-refractivity contribution in [3.05, 3.63) is 60.6 Å². The number of phenols is 2. The van der Waals surface area contributed by atoms with Gasteiger partial charge in [-0.2, -0.15) is 5.10 Å². The number of nitrogens with zero attached hydrogens (tertiary/aromatic N) is 5. The summed E-state index contributed by atoms with van der Waals surface area (Å²) < 4.78 is 1.78. The van der Waals surface area contributed by atoms with Crippen LogP contribution in [0.3, 0.4) is 0 Å². The van der Waals surface area contributed by atoms with Crippen LogP contribution in [0.25, 0.3) is 22.0 Å². The van der Waals surface area contributed by atoms with Gasteiger partial charge in [0.2, 0.25) is 0 Å². The molecule has 1 aliphatic rings. The molecule has 0 amide bonds. The van der Waals surface area contributed by atoms with Crippen LogP contribution in [0, 0.1) is 0 Å². The molecule has 164 valence electrons. The zero-order valence-electron chi connectivity index (χ0n) is 18.5. The Balaban J connectivity index is 1.61. The molecule has 1 aliphatic heterocycles. The highest BCUT2D eigenvalue weighted by Gasteiger charge is 2.25. The van der Waals surface area contributed by atoms with E-state index in [1.165, 1.54) is 6.07 Å². The third-order valence-electron chi connectivity index (χ3n) is 6.20. The van der Waals surface area contributed by atoms with Crippen molar-refractivity contribution in [2.45, 2.75) is 26.4 Å². The molecule has 3 heterocycles. The van der Waals surface area contributed by atoms with E-state index in [1.54, 1.807) is 10.7 Å². The van der Waals surface area contributed by atoms with Crippen molar-refractivity contribution in [1.29, 1.82) is 0 Å². The molecule has 4 aromatic rings. The zero-order chi connectivity index (χ0) is 22.4. The number of anilines is 2. The van der Waals surface area contributed by atoms with E-state index in [1.807, 2.05) is 31.7 Å². The Morgan fingerprint density at radius 3 is 2.56 bits per heavy atom. The number of aromatic nitrogens is 3. The first-order valence-corrected chi connectivity index (χ1v) is 10.8. The van der Waals surface area contributed by atoms with Crippen LogP contribution < -0.4 is 4.90 Å². The van der Waals surface area contributed by atoms with Gasteiger partial charge in [-0.25, -0.2) is 0 Å². The lowest BCUT2D eigenvalue weighted by atomic mass is 10.1. The maximum Gasteiger partial charge on any atom is 0.125 e. The summed E-state index contributed by atoms with van der Waals surface area (Å²) in [4.78, 5) is 9.14. The molecule has 0 radical (unpaired) electrons. The van der Waals surface area contributed by atoms with Gasteiger partial charge < -0.3 is 15.1 Å². The first-order valence-electron chi connectivity index (χ1n) is 10.8. The van der Waals surface area contributed by atoms with Crippen LogP contribution in [-0.4, -0.2) is 49.0 Å². The van der Waals surface area contributed by atoms with Crippen molar-refractivity contribution in [3.63, 3.8) is 0 Å². The van der Waals surface area contributed by atoms with Crippen LogP contribution in [0.4, 0.5) is 11.4 Å². The van der Waals surface area contributed by atoms with Crippen molar-refractivity contribution in [2.24, 2.45) is 7.05 Å². The van der Waals surface area contributed by atoms with Crippen LogP contribution in [0.15, 0.2) is 55.0 Å². The lowest BCUT2D eigenvalue weighted by molar-refractivity contribution is 0.221. The third kappa shape index (κ3) is 3.65. The summed E-state index contributed by atoms with van der Waals surface area (Å²) in [5.41, 5.74) is 5.62. The summed E-state index contributed by atoms with van der Waals surface area (Å²) in [6, 6.07) is 11.8. The van der Waals surface area contributed by atoms with Gasteiger partial charge >= 0.3 is 0 Å². The Morgan fingerprint density at radius 1 is 0.969 bits per heavy atom. The SMILES string of the molecule is CC(C)N1CCN(c2ccc3ncc(-c4cnn(C)c4)cc3c2)c2cc(O)cc(O)c2C1. The number of benzene rings is 2. The van der Waals surface area contributed by atoms with Gasteiger partial charge in [0, 0.05) is 85.0 Å². The second kappa shape index (κ2) is 7.84. The van der Waals surface area contributed by atoms with E-state index in [0.717, 1.165) is 52.1 Å². The fourth-order valence-electron chi connectivity index (χ4n) is 4.39. The molecule has 7 nitrogen and oxygen atoms in total. The number of phenolic OH excluding ortho intramolecular Hbond substituents is 2. The van der Waals surface area contributed by atoms with Gasteiger partial charge in [0.25, 0.3) is 0 Å². The maximum absolute atomic E-state index is 10.6. The Labute approximate surface area is 187 Å². The van der Waals surface area contributed by atoms with E-state index in [-0.39, 0.29) is 11.5 Å². The number of aromatic hydroxyl groups is 2. The third-order valence-corrected chi connectivity index (χ3v) is 6.20. The monoisotopic (exact) mass is 429 g/mol. The van der Waals surface area contributed by atoms with Crippen molar-refractivity contribution >= 4 is 22.3 Å². The van der Waals surface area contributed by atoms with Crippen LogP contribution >= 0.6 is 0 Å². The molecule has 0 spiro atoms. The normalized spacial score (nSPS) is 14.7. The molecule has 5 rings (SSSR count). The molecule has 0 unspecified atom stereocenters. The van der Waals surface area contributed by atoms with Gasteiger partial charge in [-0.3, -0.25) is 14.6 Å². The van der Waals surface area contributed by atoms with Crippen molar-refractivity contribution in [2.75, 3.05) is 18.0 Å². The topological polar surface area (TPSA) is 77.7 Å². The molecule has 0 atom stereocenters. The molecule has 2 aromatic carbocycles. The van der Waals surface area contributed by atoms with Gasteiger partial charge in [0.05, 0.1) is 17.4 Å². The summed E-state index contributed by atoms with van der Waals surface area (Å²) in [5, 5.41) is 26.1. The van der Waals surface area contributed by atoms with E-state index < -0.39 is 0 Å². The smallest absolute Gasteiger partial charge is 0.125 e. The summed E-state index contributed by atoms with van der Waals surface area (Å²) in [6.07, 6.45) is 5.68. The fourth-order valence-corrected chi connectivity index (χ4v) is 4.39. The molecule has 2 aromatic heterocycles. The van der Waals surface area contributed by atoms with Crippen LogP contribution in [0.1, 0.15) is 19.4 Å². The maximum atomic E-state index is 10.6. The molecule has 0 bridgehead atoms. The average Bonchev–Trinajstić information content (AvgIpc) is 3.10. The number of hydrogen-bond donors (Lipinski definition) is 2. The Kier molecular flexibility index (Phi) is 4.98. The van der Waals surface area contributed by atoms with Gasteiger partial charge in [-0.05, 0) is 38.1 Å². The van der Waals surface area contributed by atoms with E-state index in [9.17, 15) is 10.2 Å². The summed E-state index contributed by atoms with van der Waals surface area (Å²) in [5.74, 6) is 0.185. The van der Waals surface area contributed by atoms with E-state index in [0.29, 0.717) is 12.6 Å². The molecule has 0 aliphatic carbocycles. The molecule has 0 saturated heterocycles.